The van der Waals surface area contributed by atoms with Crippen molar-refractivity contribution in [1.29, 1.82) is 10.5 Å². The first-order chi connectivity index (χ1) is 19.7. The van der Waals surface area contributed by atoms with E-state index in [9.17, 15) is 0 Å². The lowest BCUT2D eigenvalue weighted by molar-refractivity contribution is 0.667. The molecule has 0 saturated heterocycles. The molecular weight excluding hydrogens is 484 g/mol. The van der Waals surface area contributed by atoms with E-state index in [1.165, 1.54) is 97.6 Å². The van der Waals surface area contributed by atoms with Crippen molar-refractivity contribution in [3.8, 4) is 34.4 Å². The molecule has 0 atom stereocenters. The van der Waals surface area contributed by atoms with E-state index in [1.807, 2.05) is 48.5 Å². The van der Waals surface area contributed by atoms with Gasteiger partial charge in [-0.05, 0) is 83.3 Å². The lowest BCUT2D eigenvalue weighted by atomic mass is 10.0. The fraction of sp³-hybridized carbons (Fsp3) is 0.316. The second-order valence-corrected chi connectivity index (χ2v) is 10.4. The summed E-state index contributed by atoms with van der Waals surface area (Å²) in [7, 11) is 0. The smallest absolute Gasteiger partial charge is 0.0991 e. The van der Waals surface area contributed by atoms with Crippen LogP contribution in [0.1, 0.15) is 87.5 Å². The van der Waals surface area contributed by atoms with Crippen molar-refractivity contribution in [3.63, 3.8) is 0 Å². The molecule has 2 heteroatoms. The molecule has 0 aliphatic carbocycles. The van der Waals surface area contributed by atoms with E-state index in [0.717, 1.165) is 0 Å². The molecule has 40 heavy (non-hydrogen) atoms. The lowest BCUT2D eigenvalue weighted by Gasteiger charge is -2.05. The quantitative estimate of drug-likeness (QED) is 0.172. The Morgan fingerprint density at radius 2 is 0.700 bits per heavy atom. The molecule has 204 valence electrons. The summed E-state index contributed by atoms with van der Waals surface area (Å²) in [4.78, 5) is 0. The van der Waals surface area contributed by atoms with Gasteiger partial charge in [0.1, 0.15) is 0 Å². The van der Waals surface area contributed by atoms with Crippen molar-refractivity contribution < 1.29 is 0 Å². The van der Waals surface area contributed by atoms with Gasteiger partial charge in [0.2, 0.25) is 0 Å². The maximum absolute atomic E-state index is 8.81. The van der Waals surface area contributed by atoms with E-state index in [4.69, 9.17) is 10.5 Å². The van der Waals surface area contributed by atoms with Crippen molar-refractivity contribution in [3.05, 3.63) is 119 Å². The van der Waals surface area contributed by atoms with Crippen LogP contribution in [0.25, 0.3) is 22.3 Å². The Morgan fingerprint density at radius 1 is 0.400 bits per heavy atom. The predicted octanol–water partition coefficient (Wildman–Crippen LogP) is 10.7. The molecule has 0 N–H and O–H groups in total. The van der Waals surface area contributed by atoms with E-state index in [0.29, 0.717) is 11.1 Å². The number of nitrogens with zero attached hydrogens (tertiary/aromatic N) is 2. The van der Waals surface area contributed by atoms with E-state index in [1.54, 1.807) is 0 Å². The van der Waals surface area contributed by atoms with E-state index >= 15 is 0 Å². The van der Waals surface area contributed by atoms with Crippen LogP contribution < -0.4 is 0 Å². The topological polar surface area (TPSA) is 47.6 Å². The molecule has 0 amide bonds. The summed E-state index contributed by atoms with van der Waals surface area (Å²) in [5.74, 6) is 0. The maximum Gasteiger partial charge on any atom is 0.0991 e. The Balaban J connectivity index is 0.000000220. The van der Waals surface area contributed by atoms with Gasteiger partial charge in [-0.2, -0.15) is 10.5 Å². The van der Waals surface area contributed by atoms with Crippen LogP contribution in [0.2, 0.25) is 0 Å². The molecule has 0 spiro atoms. The van der Waals surface area contributed by atoms with Gasteiger partial charge < -0.3 is 0 Å². The van der Waals surface area contributed by atoms with Gasteiger partial charge in [-0.3, -0.25) is 0 Å². The Morgan fingerprint density at radius 3 is 0.975 bits per heavy atom. The first-order valence-electron chi connectivity index (χ1n) is 14.9. The van der Waals surface area contributed by atoms with Crippen LogP contribution in [-0.4, -0.2) is 0 Å². The van der Waals surface area contributed by atoms with Crippen LogP contribution in [0.5, 0.6) is 0 Å². The van der Waals surface area contributed by atoms with Gasteiger partial charge in [-0.25, -0.2) is 0 Å². The van der Waals surface area contributed by atoms with E-state index in [-0.39, 0.29) is 0 Å². The summed E-state index contributed by atoms with van der Waals surface area (Å²) in [6.07, 6.45) is 12.8. The minimum absolute atomic E-state index is 0.710. The zero-order valence-electron chi connectivity index (χ0n) is 24.2. The van der Waals surface area contributed by atoms with Crippen LogP contribution >= 0.6 is 0 Å². The second-order valence-electron chi connectivity index (χ2n) is 10.4. The van der Waals surface area contributed by atoms with Crippen molar-refractivity contribution in [1.82, 2.24) is 0 Å². The van der Waals surface area contributed by atoms with Crippen LogP contribution in [0.4, 0.5) is 0 Å². The minimum Gasteiger partial charge on any atom is -0.192 e. The molecule has 0 saturated carbocycles. The number of hydrogen-bond donors (Lipinski definition) is 0. The van der Waals surface area contributed by atoms with Crippen LogP contribution in [-0.2, 0) is 12.8 Å². The molecule has 0 bridgehead atoms. The summed E-state index contributed by atoms with van der Waals surface area (Å²) in [6, 6.07) is 37.4. The van der Waals surface area contributed by atoms with Gasteiger partial charge in [-0.15, -0.1) is 0 Å². The van der Waals surface area contributed by atoms with Crippen molar-refractivity contribution in [2.45, 2.75) is 78.1 Å². The molecule has 0 aliphatic rings. The summed E-state index contributed by atoms with van der Waals surface area (Å²) >= 11 is 0. The standard InChI is InChI=1S/2C19H21N/c2*1-2-3-4-5-6-16-7-11-18(12-8-16)19-13-9-17(15-20)10-14-19/h2*7-14H,2-6H2,1H3. The summed E-state index contributed by atoms with van der Waals surface area (Å²) in [5, 5.41) is 17.6. The number of benzene rings is 4. The zero-order valence-corrected chi connectivity index (χ0v) is 24.2. The highest BCUT2D eigenvalue weighted by atomic mass is 14.2. The largest absolute Gasteiger partial charge is 0.192 e. The predicted molar refractivity (Wildman–Crippen MR) is 169 cm³/mol. The van der Waals surface area contributed by atoms with Gasteiger partial charge in [0.25, 0.3) is 0 Å². The fourth-order valence-electron chi connectivity index (χ4n) is 4.71. The number of rotatable bonds is 12. The first kappa shape index (κ1) is 30.4. The van der Waals surface area contributed by atoms with Crippen LogP contribution in [0.15, 0.2) is 97.1 Å². The number of nitriles is 2. The highest BCUT2D eigenvalue weighted by molar-refractivity contribution is 5.65. The molecular formula is C38H42N2. The summed E-state index contributed by atoms with van der Waals surface area (Å²) < 4.78 is 0. The van der Waals surface area contributed by atoms with Gasteiger partial charge >= 0.3 is 0 Å². The molecule has 4 aromatic rings. The highest BCUT2D eigenvalue weighted by Gasteiger charge is 2.01. The van der Waals surface area contributed by atoms with E-state index in [2.05, 4.69) is 74.5 Å². The van der Waals surface area contributed by atoms with Crippen LogP contribution in [0, 0.1) is 22.7 Å². The number of hydrogen-bond acceptors (Lipinski definition) is 2. The normalized spacial score (nSPS) is 10.2. The first-order valence-corrected chi connectivity index (χ1v) is 14.9. The average Bonchev–Trinajstić information content (AvgIpc) is 3.02. The fourth-order valence-corrected chi connectivity index (χ4v) is 4.71. The summed E-state index contributed by atoms with van der Waals surface area (Å²) in [5.41, 5.74) is 9.02. The van der Waals surface area contributed by atoms with Gasteiger partial charge in [0.05, 0.1) is 23.3 Å². The lowest BCUT2D eigenvalue weighted by Crippen LogP contribution is -1.86. The third-order valence-electron chi connectivity index (χ3n) is 7.24. The van der Waals surface area contributed by atoms with Crippen molar-refractivity contribution >= 4 is 0 Å². The minimum atomic E-state index is 0.710. The third kappa shape index (κ3) is 10.2. The molecule has 0 aliphatic heterocycles. The summed E-state index contributed by atoms with van der Waals surface area (Å²) in [6.45, 7) is 4.48. The van der Waals surface area contributed by atoms with Gasteiger partial charge in [-0.1, -0.05) is 125 Å². The molecule has 0 unspecified atom stereocenters. The highest BCUT2D eigenvalue weighted by Crippen LogP contribution is 2.22. The number of aryl methyl sites for hydroxylation is 2. The molecule has 0 heterocycles. The molecule has 0 fully saturated rings. The Kier molecular flexibility index (Phi) is 13.3. The molecule has 4 aromatic carbocycles. The van der Waals surface area contributed by atoms with Crippen LogP contribution in [0.3, 0.4) is 0 Å². The van der Waals surface area contributed by atoms with Crippen molar-refractivity contribution in [2.24, 2.45) is 0 Å². The Bertz CT molecular complexity index is 1230. The Hall–Kier alpha value is -4.14. The zero-order chi connectivity index (χ0) is 28.4. The van der Waals surface area contributed by atoms with Gasteiger partial charge in [0, 0.05) is 0 Å². The SMILES string of the molecule is CCCCCCc1ccc(-c2ccc(C#N)cc2)cc1.CCCCCCc1ccc(-c2ccc(C#N)cc2)cc1. The Labute approximate surface area is 242 Å². The average molecular weight is 527 g/mol. The molecule has 2 nitrogen and oxygen atoms in total. The molecule has 4 rings (SSSR count). The molecule has 0 radical (unpaired) electrons. The van der Waals surface area contributed by atoms with E-state index < -0.39 is 0 Å². The second kappa shape index (κ2) is 17.4. The number of unbranched alkanes of at least 4 members (excludes halogenated alkanes) is 6. The third-order valence-corrected chi connectivity index (χ3v) is 7.24. The maximum atomic E-state index is 8.81. The van der Waals surface area contributed by atoms with Gasteiger partial charge in [0.15, 0.2) is 0 Å². The van der Waals surface area contributed by atoms with Crippen molar-refractivity contribution in [2.75, 3.05) is 0 Å². The molecule has 0 aromatic heterocycles. The monoisotopic (exact) mass is 526 g/mol.